The van der Waals surface area contributed by atoms with Crippen molar-refractivity contribution in [3.8, 4) is 0 Å². The van der Waals surface area contributed by atoms with E-state index in [-0.39, 0.29) is 36.4 Å². The zero-order valence-corrected chi connectivity index (χ0v) is 15.3. The summed E-state index contributed by atoms with van der Waals surface area (Å²) in [6.07, 6.45) is 0.0611. The average Bonchev–Trinajstić information content (AvgIpc) is 2.32. The lowest BCUT2D eigenvalue weighted by atomic mass is 10.1. The fourth-order valence-electron chi connectivity index (χ4n) is 2.09. The molecule has 0 saturated heterocycles. The Bertz CT molecular complexity index is 377. The second-order valence-electron chi connectivity index (χ2n) is 7.12. The van der Waals surface area contributed by atoms with E-state index in [1.54, 1.807) is 25.8 Å². The largest absolute Gasteiger partial charge is 0.390 e. The first-order valence-corrected chi connectivity index (χ1v) is 7.83. The van der Waals surface area contributed by atoms with Crippen LogP contribution in [0.5, 0.6) is 0 Å². The fourth-order valence-corrected chi connectivity index (χ4v) is 2.09. The fraction of sp³-hybridized carbons (Fsp3) is 0.875. The highest BCUT2D eigenvalue weighted by molar-refractivity contribution is 5.81. The predicted octanol–water partition coefficient (Wildman–Crippen LogP) is 0.839. The molecule has 0 aromatic rings. The third-order valence-corrected chi connectivity index (χ3v) is 3.70. The molecule has 130 valence electrons. The highest BCUT2D eigenvalue weighted by atomic mass is 16.3. The third-order valence-electron chi connectivity index (χ3n) is 3.70. The molecular weight excluding hydrogens is 282 g/mol. The van der Waals surface area contributed by atoms with Crippen LogP contribution in [0.25, 0.3) is 0 Å². The maximum absolute atomic E-state index is 12.3. The maximum Gasteiger partial charge on any atom is 0.239 e. The number of hydrogen-bond acceptors (Lipinski definition) is 4. The van der Waals surface area contributed by atoms with E-state index in [4.69, 9.17) is 0 Å². The van der Waals surface area contributed by atoms with E-state index >= 15 is 0 Å². The van der Waals surface area contributed by atoms with Gasteiger partial charge in [-0.15, -0.1) is 0 Å². The molecule has 0 aromatic heterocycles. The van der Waals surface area contributed by atoms with Gasteiger partial charge in [-0.3, -0.25) is 14.5 Å². The standard InChI is InChI=1S/C16H33N3O3/c1-11(2)19(8)15(21)13(4)18(7)10-12(3)17-14(20)9-16(5,6)22/h11-13,22H,9-10H2,1-8H3,(H,17,20). The monoisotopic (exact) mass is 315 g/mol. The van der Waals surface area contributed by atoms with Gasteiger partial charge in [0.2, 0.25) is 11.8 Å². The Balaban J connectivity index is 4.43. The number of nitrogens with one attached hydrogen (secondary N) is 1. The Hall–Kier alpha value is -1.14. The molecule has 0 fully saturated rings. The Kier molecular flexibility index (Phi) is 8.04. The second kappa shape index (κ2) is 8.48. The number of rotatable bonds is 8. The van der Waals surface area contributed by atoms with Crippen molar-refractivity contribution in [2.75, 3.05) is 20.6 Å². The van der Waals surface area contributed by atoms with Crippen molar-refractivity contribution in [3.63, 3.8) is 0 Å². The van der Waals surface area contributed by atoms with Gasteiger partial charge in [0.25, 0.3) is 0 Å². The summed E-state index contributed by atoms with van der Waals surface area (Å²) in [5.74, 6) is -0.126. The van der Waals surface area contributed by atoms with Crippen LogP contribution >= 0.6 is 0 Å². The van der Waals surface area contributed by atoms with E-state index in [1.807, 2.05) is 39.6 Å². The van der Waals surface area contributed by atoms with Crippen LogP contribution in [0, 0.1) is 0 Å². The molecule has 0 bridgehead atoms. The summed E-state index contributed by atoms with van der Waals surface area (Å²) in [5, 5.41) is 12.5. The van der Waals surface area contributed by atoms with E-state index in [9.17, 15) is 14.7 Å². The number of hydrogen-bond donors (Lipinski definition) is 2. The molecule has 2 unspecified atom stereocenters. The zero-order chi connectivity index (χ0) is 17.7. The number of nitrogens with zero attached hydrogens (tertiary/aromatic N) is 2. The minimum Gasteiger partial charge on any atom is -0.390 e. The quantitative estimate of drug-likeness (QED) is 0.696. The van der Waals surface area contributed by atoms with Gasteiger partial charge in [0.05, 0.1) is 18.1 Å². The van der Waals surface area contributed by atoms with Gasteiger partial charge < -0.3 is 15.3 Å². The van der Waals surface area contributed by atoms with E-state index < -0.39 is 5.60 Å². The van der Waals surface area contributed by atoms with Gasteiger partial charge in [0.15, 0.2) is 0 Å². The molecule has 0 spiro atoms. The summed E-state index contributed by atoms with van der Waals surface area (Å²) in [6.45, 7) is 11.5. The smallest absolute Gasteiger partial charge is 0.239 e. The molecule has 6 heteroatoms. The number of aliphatic hydroxyl groups is 1. The van der Waals surface area contributed by atoms with Crippen LogP contribution in [0.3, 0.4) is 0 Å². The minimum atomic E-state index is -1.01. The SMILES string of the molecule is CC(CN(C)C(C)C(=O)N(C)C(C)C)NC(=O)CC(C)(C)O. The number of carbonyl (C=O) groups excluding carboxylic acids is 2. The van der Waals surface area contributed by atoms with Gasteiger partial charge in [0.1, 0.15) is 0 Å². The Morgan fingerprint density at radius 3 is 2.05 bits per heavy atom. The number of carbonyl (C=O) groups is 2. The van der Waals surface area contributed by atoms with Gasteiger partial charge in [0, 0.05) is 25.7 Å². The molecule has 0 rings (SSSR count). The molecule has 0 radical (unpaired) electrons. The van der Waals surface area contributed by atoms with Crippen LogP contribution in [0.2, 0.25) is 0 Å². The van der Waals surface area contributed by atoms with Crippen molar-refractivity contribution < 1.29 is 14.7 Å². The highest BCUT2D eigenvalue weighted by Crippen LogP contribution is 2.08. The Morgan fingerprint density at radius 2 is 1.64 bits per heavy atom. The zero-order valence-electron chi connectivity index (χ0n) is 15.3. The third kappa shape index (κ3) is 7.75. The first-order chi connectivity index (χ1) is 9.85. The molecule has 0 aliphatic heterocycles. The minimum absolute atomic E-state index is 0.0611. The molecule has 0 saturated carbocycles. The molecule has 22 heavy (non-hydrogen) atoms. The van der Waals surface area contributed by atoms with Crippen LogP contribution in [0.15, 0.2) is 0 Å². The van der Waals surface area contributed by atoms with Crippen molar-refractivity contribution in [2.24, 2.45) is 0 Å². The van der Waals surface area contributed by atoms with Crippen LogP contribution in [0.4, 0.5) is 0 Å². The summed E-state index contributed by atoms with van der Waals surface area (Å²) in [6, 6.07) is -0.187. The maximum atomic E-state index is 12.3. The Morgan fingerprint density at radius 1 is 1.14 bits per heavy atom. The van der Waals surface area contributed by atoms with Crippen LogP contribution in [0.1, 0.15) is 48.0 Å². The van der Waals surface area contributed by atoms with Crippen molar-refractivity contribution >= 4 is 11.8 Å². The highest BCUT2D eigenvalue weighted by Gasteiger charge is 2.25. The normalized spacial score (nSPS) is 14.9. The molecule has 2 amide bonds. The van der Waals surface area contributed by atoms with Crippen molar-refractivity contribution in [1.82, 2.24) is 15.1 Å². The van der Waals surface area contributed by atoms with Gasteiger partial charge in [-0.2, -0.15) is 0 Å². The summed E-state index contributed by atoms with van der Waals surface area (Å²) in [5.41, 5.74) is -1.01. The number of amides is 2. The van der Waals surface area contributed by atoms with Crippen LogP contribution in [-0.4, -0.2) is 71.1 Å². The lowest BCUT2D eigenvalue weighted by Crippen LogP contribution is -2.50. The molecule has 2 atom stereocenters. The van der Waals surface area contributed by atoms with Crippen molar-refractivity contribution in [3.05, 3.63) is 0 Å². The van der Waals surface area contributed by atoms with E-state index in [1.165, 1.54) is 0 Å². The molecule has 0 aromatic carbocycles. The second-order valence-corrected chi connectivity index (χ2v) is 7.12. The van der Waals surface area contributed by atoms with Gasteiger partial charge in [-0.1, -0.05) is 0 Å². The molecule has 6 nitrogen and oxygen atoms in total. The van der Waals surface area contributed by atoms with Crippen LogP contribution in [-0.2, 0) is 9.59 Å². The Labute approximate surface area is 134 Å². The van der Waals surface area contributed by atoms with E-state index in [0.717, 1.165) is 0 Å². The van der Waals surface area contributed by atoms with E-state index in [0.29, 0.717) is 6.54 Å². The molecular formula is C16H33N3O3. The number of likely N-dealkylation sites (N-methyl/N-ethyl adjacent to an activating group) is 2. The lowest BCUT2D eigenvalue weighted by molar-refractivity contribution is -0.136. The summed E-state index contributed by atoms with van der Waals surface area (Å²) in [4.78, 5) is 27.7. The summed E-state index contributed by atoms with van der Waals surface area (Å²) in [7, 11) is 3.67. The lowest BCUT2D eigenvalue weighted by Gasteiger charge is -2.32. The topological polar surface area (TPSA) is 72.9 Å². The molecule has 0 aliphatic carbocycles. The summed E-state index contributed by atoms with van der Waals surface area (Å²) >= 11 is 0. The van der Waals surface area contributed by atoms with Gasteiger partial charge in [-0.25, -0.2) is 0 Å². The first-order valence-electron chi connectivity index (χ1n) is 7.83. The molecule has 0 aliphatic rings. The van der Waals surface area contributed by atoms with Crippen molar-refractivity contribution in [1.29, 1.82) is 0 Å². The summed E-state index contributed by atoms with van der Waals surface area (Å²) < 4.78 is 0. The van der Waals surface area contributed by atoms with Crippen molar-refractivity contribution in [2.45, 2.75) is 71.7 Å². The predicted molar refractivity (Wildman–Crippen MR) is 88.5 cm³/mol. The molecule has 2 N–H and O–H groups in total. The molecule has 0 heterocycles. The van der Waals surface area contributed by atoms with Gasteiger partial charge in [-0.05, 0) is 48.6 Å². The van der Waals surface area contributed by atoms with E-state index in [2.05, 4.69) is 5.32 Å². The van der Waals surface area contributed by atoms with Gasteiger partial charge >= 0.3 is 0 Å². The average molecular weight is 315 g/mol. The first kappa shape index (κ1) is 20.9. The van der Waals surface area contributed by atoms with Crippen LogP contribution < -0.4 is 5.32 Å².